The van der Waals surface area contributed by atoms with E-state index < -0.39 is 0 Å². The number of aromatic nitrogens is 2. The summed E-state index contributed by atoms with van der Waals surface area (Å²) >= 11 is 0. The van der Waals surface area contributed by atoms with Crippen LogP contribution in [0.1, 0.15) is 31.2 Å². The fourth-order valence-corrected chi connectivity index (χ4v) is 3.20. The van der Waals surface area contributed by atoms with Crippen molar-refractivity contribution < 1.29 is 5.11 Å². The molecule has 1 saturated carbocycles. The third-order valence-electron chi connectivity index (χ3n) is 4.32. The number of aliphatic hydroxyl groups excluding tert-OH is 1. The average molecular weight is 285 g/mol. The monoisotopic (exact) mass is 285 g/mol. The number of aliphatic hydroxyl groups is 1. The van der Waals surface area contributed by atoms with E-state index in [0.717, 1.165) is 18.8 Å². The molecule has 1 N–H and O–H groups in total. The van der Waals surface area contributed by atoms with Gasteiger partial charge in [0.25, 0.3) is 0 Å². The molecule has 4 heteroatoms. The molecule has 2 aromatic rings. The van der Waals surface area contributed by atoms with E-state index in [9.17, 15) is 5.11 Å². The highest BCUT2D eigenvalue weighted by Gasteiger charge is 2.22. The molecule has 0 atom stereocenters. The van der Waals surface area contributed by atoms with E-state index in [1.165, 1.54) is 31.2 Å². The minimum Gasteiger partial charge on any atom is -0.395 e. The molecule has 0 unspecified atom stereocenters. The minimum atomic E-state index is 0.238. The zero-order chi connectivity index (χ0) is 14.5. The number of benzene rings is 1. The fourth-order valence-electron chi connectivity index (χ4n) is 3.20. The topological polar surface area (TPSA) is 41.3 Å². The van der Waals surface area contributed by atoms with Crippen molar-refractivity contribution >= 4 is 0 Å². The summed E-state index contributed by atoms with van der Waals surface area (Å²) in [5.74, 6) is 0. The molecule has 0 radical (unpaired) electrons. The second-order valence-corrected chi connectivity index (χ2v) is 5.75. The first-order valence-electron chi connectivity index (χ1n) is 7.80. The lowest BCUT2D eigenvalue weighted by Crippen LogP contribution is -2.35. The molecule has 0 saturated heterocycles. The van der Waals surface area contributed by atoms with E-state index in [4.69, 9.17) is 0 Å². The van der Waals surface area contributed by atoms with E-state index in [0.29, 0.717) is 6.04 Å². The molecule has 21 heavy (non-hydrogen) atoms. The minimum absolute atomic E-state index is 0.238. The van der Waals surface area contributed by atoms with E-state index in [1.807, 2.05) is 16.9 Å². The summed E-state index contributed by atoms with van der Waals surface area (Å²) < 4.78 is 1.87. The number of hydrogen-bond donors (Lipinski definition) is 1. The van der Waals surface area contributed by atoms with E-state index in [1.54, 1.807) is 6.20 Å². The molecule has 0 aliphatic heterocycles. The molecule has 1 aromatic carbocycles. The van der Waals surface area contributed by atoms with Crippen molar-refractivity contribution in [2.24, 2.45) is 0 Å². The highest BCUT2D eigenvalue weighted by molar-refractivity contribution is 5.33. The van der Waals surface area contributed by atoms with Crippen LogP contribution in [-0.4, -0.2) is 39.0 Å². The Kier molecular flexibility index (Phi) is 4.68. The van der Waals surface area contributed by atoms with Crippen molar-refractivity contribution in [1.29, 1.82) is 0 Å². The zero-order valence-corrected chi connectivity index (χ0v) is 12.4. The maximum Gasteiger partial charge on any atom is 0.0645 e. The van der Waals surface area contributed by atoms with Crippen LogP contribution in [0, 0.1) is 0 Å². The van der Waals surface area contributed by atoms with Crippen LogP contribution >= 0.6 is 0 Å². The summed E-state index contributed by atoms with van der Waals surface area (Å²) in [4.78, 5) is 2.43. The number of hydrogen-bond acceptors (Lipinski definition) is 3. The van der Waals surface area contributed by atoms with Crippen LogP contribution in [0.2, 0.25) is 0 Å². The SMILES string of the molecule is OCCN(Cc1ccc(-n2cccn2)cc1)C1CCCC1. The van der Waals surface area contributed by atoms with E-state index >= 15 is 0 Å². The van der Waals surface area contributed by atoms with E-state index in [2.05, 4.69) is 34.3 Å². The van der Waals surface area contributed by atoms with Gasteiger partial charge in [0.2, 0.25) is 0 Å². The Hall–Kier alpha value is -1.65. The molecule has 1 aromatic heterocycles. The molecule has 3 rings (SSSR count). The highest BCUT2D eigenvalue weighted by Crippen LogP contribution is 2.24. The third kappa shape index (κ3) is 3.52. The molecule has 0 spiro atoms. The first kappa shape index (κ1) is 14.3. The van der Waals surface area contributed by atoms with Crippen molar-refractivity contribution in [3.63, 3.8) is 0 Å². The maximum atomic E-state index is 9.29. The van der Waals surface area contributed by atoms with Crippen LogP contribution in [0.5, 0.6) is 0 Å². The smallest absolute Gasteiger partial charge is 0.0645 e. The summed E-state index contributed by atoms with van der Waals surface area (Å²) in [6.07, 6.45) is 8.93. The lowest BCUT2D eigenvalue weighted by Gasteiger charge is -2.28. The fraction of sp³-hybridized carbons (Fsp3) is 0.471. The summed E-state index contributed by atoms with van der Waals surface area (Å²) in [7, 11) is 0. The molecular weight excluding hydrogens is 262 g/mol. The molecule has 1 aliphatic carbocycles. The summed E-state index contributed by atoms with van der Waals surface area (Å²) in [5.41, 5.74) is 2.38. The summed E-state index contributed by atoms with van der Waals surface area (Å²) in [6.45, 7) is 1.93. The molecule has 1 aliphatic rings. The van der Waals surface area contributed by atoms with Crippen LogP contribution in [0.15, 0.2) is 42.7 Å². The second-order valence-electron chi connectivity index (χ2n) is 5.75. The average Bonchev–Trinajstić information content (AvgIpc) is 3.21. The Bertz CT molecular complexity index is 530. The van der Waals surface area contributed by atoms with Crippen molar-refractivity contribution in [3.8, 4) is 5.69 Å². The van der Waals surface area contributed by atoms with Gasteiger partial charge in [-0.1, -0.05) is 25.0 Å². The molecule has 1 fully saturated rings. The Morgan fingerprint density at radius 1 is 1.19 bits per heavy atom. The zero-order valence-electron chi connectivity index (χ0n) is 12.4. The normalized spacial score (nSPS) is 15.9. The second kappa shape index (κ2) is 6.87. The highest BCUT2D eigenvalue weighted by atomic mass is 16.3. The van der Waals surface area contributed by atoms with Gasteiger partial charge in [-0.15, -0.1) is 0 Å². The Balaban J connectivity index is 1.68. The van der Waals surface area contributed by atoms with Crippen molar-refractivity contribution in [2.45, 2.75) is 38.3 Å². The first-order chi connectivity index (χ1) is 10.4. The molecule has 1 heterocycles. The molecule has 112 valence electrons. The van der Waals surface area contributed by atoms with Gasteiger partial charge in [0.15, 0.2) is 0 Å². The lowest BCUT2D eigenvalue weighted by molar-refractivity contribution is 0.145. The number of rotatable bonds is 6. The van der Waals surface area contributed by atoms with Gasteiger partial charge in [-0.25, -0.2) is 4.68 Å². The van der Waals surface area contributed by atoms with E-state index in [-0.39, 0.29) is 6.61 Å². The quantitative estimate of drug-likeness (QED) is 0.887. The third-order valence-corrected chi connectivity index (χ3v) is 4.32. The van der Waals surface area contributed by atoms with Gasteiger partial charge in [0.1, 0.15) is 0 Å². The Morgan fingerprint density at radius 3 is 2.57 bits per heavy atom. The number of nitrogens with zero attached hydrogens (tertiary/aromatic N) is 3. The lowest BCUT2D eigenvalue weighted by atomic mass is 10.1. The van der Waals surface area contributed by atoms with Crippen molar-refractivity contribution in [2.75, 3.05) is 13.2 Å². The summed E-state index contributed by atoms with van der Waals surface area (Å²) in [6, 6.07) is 11.1. The molecule has 4 nitrogen and oxygen atoms in total. The Labute approximate surface area is 126 Å². The van der Waals surface area contributed by atoms with Crippen LogP contribution < -0.4 is 0 Å². The van der Waals surface area contributed by atoms with Gasteiger partial charge < -0.3 is 5.11 Å². The van der Waals surface area contributed by atoms with Crippen LogP contribution in [0.25, 0.3) is 5.69 Å². The maximum absolute atomic E-state index is 9.29. The predicted molar refractivity (Wildman–Crippen MR) is 83.3 cm³/mol. The van der Waals surface area contributed by atoms with Gasteiger partial charge in [-0.2, -0.15) is 5.10 Å². The molecule has 0 bridgehead atoms. The van der Waals surface area contributed by atoms with Crippen molar-refractivity contribution in [1.82, 2.24) is 14.7 Å². The van der Waals surface area contributed by atoms with Gasteiger partial charge in [0, 0.05) is 31.5 Å². The molecular formula is C17H23N3O. The van der Waals surface area contributed by atoms with Crippen molar-refractivity contribution in [3.05, 3.63) is 48.3 Å². The first-order valence-corrected chi connectivity index (χ1v) is 7.80. The van der Waals surface area contributed by atoms with Crippen LogP contribution in [0.3, 0.4) is 0 Å². The van der Waals surface area contributed by atoms with Crippen LogP contribution in [0.4, 0.5) is 0 Å². The largest absolute Gasteiger partial charge is 0.395 e. The van der Waals surface area contributed by atoms with Gasteiger partial charge in [0.05, 0.1) is 12.3 Å². The Morgan fingerprint density at radius 2 is 1.95 bits per heavy atom. The predicted octanol–water partition coefficient (Wildman–Crippen LogP) is 2.61. The molecule has 0 amide bonds. The van der Waals surface area contributed by atoms with Gasteiger partial charge in [-0.05, 0) is 36.6 Å². The van der Waals surface area contributed by atoms with Gasteiger partial charge in [-0.3, -0.25) is 4.90 Å². The standard InChI is InChI=1S/C17H23N3O/c21-13-12-19(16-4-1-2-5-16)14-15-6-8-17(9-7-15)20-11-3-10-18-20/h3,6-11,16,21H,1-2,4-5,12-14H2. The van der Waals surface area contributed by atoms with Crippen LogP contribution in [-0.2, 0) is 6.54 Å². The van der Waals surface area contributed by atoms with Gasteiger partial charge >= 0.3 is 0 Å². The summed E-state index contributed by atoms with van der Waals surface area (Å²) in [5, 5.41) is 13.5.